The number of nitrogens with zero attached hydrogens (tertiary/aromatic N) is 2. The fraction of sp³-hybridized carbons (Fsp3) is 0.400. The molecule has 4 nitrogen and oxygen atoms in total. The van der Waals surface area contributed by atoms with Crippen LogP contribution >= 0.6 is 0 Å². The van der Waals surface area contributed by atoms with Gasteiger partial charge in [0.1, 0.15) is 11.6 Å². The molecular weight excluding hydrogens is 298 g/mol. The molecule has 0 fully saturated rings. The third kappa shape index (κ3) is 4.12. The van der Waals surface area contributed by atoms with Crippen molar-refractivity contribution in [1.82, 2.24) is 9.88 Å². The van der Waals surface area contributed by atoms with Crippen LogP contribution in [0.4, 0.5) is 0 Å². The summed E-state index contributed by atoms with van der Waals surface area (Å²) < 4.78 is 0. The van der Waals surface area contributed by atoms with Gasteiger partial charge in [0.2, 0.25) is 0 Å². The summed E-state index contributed by atoms with van der Waals surface area (Å²) in [4.78, 5) is 17.2. The highest BCUT2D eigenvalue weighted by atomic mass is 16.1. The summed E-state index contributed by atoms with van der Waals surface area (Å²) in [5.41, 5.74) is 3.48. The quantitative estimate of drug-likeness (QED) is 0.842. The average molecular weight is 323 g/mol. The van der Waals surface area contributed by atoms with Gasteiger partial charge in [-0.25, -0.2) is 0 Å². The number of aromatic amines is 1. The second-order valence-corrected chi connectivity index (χ2v) is 6.12. The van der Waals surface area contributed by atoms with E-state index in [4.69, 9.17) is 0 Å². The Morgan fingerprint density at radius 1 is 1.12 bits per heavy atom. The maximum absolute atomic E-state index is 12.1. The summed E-state index contributed by atoms with van der Waals surface area (Å²) in [7, 11) is 0. The first-order chi connectivity index (χ1) is 11.6. The first kappa shape index (κ1) is 18.0. The normalized spacial score (nSPS) is 10.8. The second-order valence-electron chi connectivity index (χ2n) is 6.12. The Morgan fingerprint density at radius 3 is 2.42 bits per heavy atom. The minimum absolute atomic E-state index is 0.186. The Morgan fingerprint density at radius 2 is 1.79 bits per heavy atom. The van der Waals surface area contributed by atoms with Crippen LogP contribution in [0.25, 0.3) is 11.1 Å². The molecule has 0 aliphatic heterocycles. The minimum Gasteiger partial charge on any atom is -0.325 e. The molecular formula is C20H25N3O. The number of H-pyrrole nitrogens is 1. The first-order valence-corrected chi connectivity index (χ1v) is 8.55. The van der Waals surface area contributed by atoms with Crippen molar-refractivity contribution in [3.8, 4) is 17.2 Å². The number of nitrogens with one attached hydrogen (secondary N) is 1. The van der Waals surface area contributed by atoms with E-state index in [2.05, 4.69) is 35.9 Å². The van der Waals surface area contributed by atoms with Crippen LogP contribution in [0, 0.1) is 18.3 Å². The fourth-order valence-corrected chi connectivity index (χ4v) is 3.08. The molecule has 0 aliphatic carbocycles. The molecule has 1 heterocycles. The molecule has 1 aromatic carbocycles. The molecule has 0 saturated heterocycles. The van der Waals surface area contributed by atoms with Gasteiger partial charge in [-0.2, -0.15) is 5.26 Å². The maximum Gasteiger partial charge on any atom is 0.266 e. The van der Waals surface area contributed by atoms with Gasteiger partial charge >= 0.3 is 0 Å². The van der Waals surface area contributed by atoms with Crippen molar-refractivity contribution in [3.05, 3.63) is 57.5 Å². The third-order valence-corrected chi connectivity index (χ3v) is 4.06. The van der Waals surface area contributed by atoms with E-state index >= 15 is 0 Å². The lowest BCUT2D eigenvalue weighted by Gasteiger charge is -2.23. The van der Waals surface area contributed by atoms with E-state index in [0.717, 1.165) is 54.9 Å². The van der Waals surface area contributed by atoms with Gasteiger partial charge in [-0.05, 0) is 50.0 Å². The molecule has 1 N–H and O–H groups in total. The zero-order chi connectivity index (χ0) is 17.5. The third-order valence-electron chi connectivity index (χ3n) is 4.06. The summed E-state index contributed by atoms with van der Waals surface area (Å²) in [6.07, 6.45) is 2.21. The van der Waals surface area contributed by atoms with E-state index in [0.29, 0.717) is 0 Å². The molecule has 0 spiro atoms. The molecule has 4 heteroatoms. The largest absolute Gasteiger partial charge is 0.325 e. The highest BCUT2D eigenvalue weighted by Crippen LogP contribution is 2.27. The van der Waals surface area contributed by atoms with Gasteiger partial charge in [0, 0.05) is 17.8 Å². The molecule has 0 atom stereocenters. The number of aryl methyl sites for hydroxylation is 1. The van der Waals surface area contributed by atoms with Gasteiger partial charge in [-0.1, -0.05) is 38.1 Å². The zero-order valence-electron chi connectivity index (χ0n) is 14.7. The van der Waals surface area contributed by atoms with E-state index in [1.54, 1.807) is 0 Å². The monoisotopic (exact) mass is 323 g/mol. The van der Waals surface area contributed by atoms with Crippen molar-refractivity contribution >= 4 is 0 Å². The molecule has 0 bridgehead atoms. The molecule has 2 rings (SSSR count). The molecule has 0 amide bonds. The molecule has 24 heavy (non-hydrogen) atoms. The highest BCUT2D eigenvalue weighted by Gasteiger charge is 2.15. The molecule has 0 aliphatic rings. The molecule has 0 saturated carbocycles. The van der Waals surface area contributed by atoms with Crippen LogP contribution in [-0.4, -0.2) is 23.0 Å². The van der Waals surface area contributed by atoms with Gasteiger partial charge in [0.25, 0.3) is 5.56 Å². The summed E-state index contributed by atoms with van der Waals surface area (Å²) in [6.45, 7) is 9.12. The van der Waals surface area contributed by atoms with Gasteiger partial charge in [0.15, 0.2) is 0 Å². The van der Waals surface area contributed by atoms with Crippen molar-refractivity contribution in [3.63, 3.8) is 0 Å². The Hall–Kier alpha value is -2.38. The Labute approximate surface area is 143 Å². The topological polar surface area (TPSA) is 59.9 Å². The van der Waals surface area contributed by atoms with Gasteiger partial charge < -0.3 is 4.98 Å². The van der Waals surface area contributed by atoms with E-state index in [1.807, 2.05) is 31.2 Å². The summed E-state index contributed by atoms with van der Waals surface area (Å²) in [5.74, 6) is 0. The molecule has 126 valence electrons. The lowest BCUT2D eigenvalue weighted by molar-refractivity contribution is 0.267. The molecule has 1 aromatic heterocycles. The van der Waals surface area contributed by atoms with Crippen LogP contribution in [0.5, 0.6) is 0 Å². The SMILES string of the molecule is CCCN(CCC)Cc1ccccc1-c1cc(C)[nH]c(=O)c1C#N. The van der Waals surface area contributed by atoms with E-state index in [1.165, 1.54) is 0 Å². The van der Waals surface area contributed by atoms with E-state index in [9.17, 15) is 10.1 Å². The Kier molecular flexibility index (Phi) is 6.34. The van der Waals surface area contributed by atoms with Gasteiger partial charge in [-0.3, -0.25) is 9.69 Å². The van der Waals surface area contributed by atoms with Crippen LogP contribution in [0.1, 0.15) is 43.5 Å². The number of nitriles is 1. The van der Waals surface area contributed by atoms with Crippen LogP contribution in [0.3, 0.4) is 0 Å². The lowest BCUT2D eigenvalue weighted by atomic mass is 9.96. The van der Waals surface area contributed by atoms with Crippen LogP contribution in [-0.2, 0) is 6.54 Å². The number of rotatable bonds is 7. The van der Waals surface area contributed by atoms with Gasteiger partial charge in [0.05, 0.1) is 0 Å². The maximum atomic E-state index is 12.1. The predicted octanol–water partition coefficient (Wildman–Crippen LogP) is 3.84. The fourth-order valence-electron chi connectivity index (χ4n) is 3.08. The van der Waals surface area contributed by atoms with Crippen molar-refractivity contribution in [2.75, 3.05) is 13.1 Å². The van der Waals surface area contributed by atoms with Crippen LogP contribution in [0.15, 0.2) is 35.1 Å². The first-order valence-electron chi connectivity index (χ1n) is 8.55. The van der Waals surface area contributed by atoms with Crippen LogP contribution < -0.4 is 5.56 Å². The summed E-state index contributed by atoms with van der Waals surface area (Å²) >= 11 is 0. The number of hydrogen-bond donors (Lipinski definition) is 1. The minimum atomic E-state index is -0.318. The van der Waals surface area contributed by atoms with E-state index < -0.39 is 0 Å². The van der Waals surface area contributed by atoms with E-state index in [-0.39, 0.29) is 11.1 Å². The van der Waals surface area contributed by atoms with Crippen LogP contribution in [0.2, 0.25) is 0 Å². The summed E-state index contributed by atoms with van der Waals surface area (Å²) in [5, 5.41) is 9.41. The second kappa shape index (κ2) is 8.47. The highest BCUT2D eigenvalue weighted by molar-refractivity contribution is 5.73. The summed E-state index contributed by atoms with van der Waals surface area (Å²) in [6, 6.07) is 12.0. The standard InChI is InChI=1S/C20H25N3O/c1-4-10-23(11-5-2)14-16-8-6-7-9-17(16)18-12-15(3)22-20(24)19(18)13-21/h6-9,12H,4-5,10-11,14H2,1-3H3,(H,22,24). The number of benzene rings is 1. The Bertz CT molecular complexity index is 780. The Balaban J connectivity index is 2.50. The van der Waals surface area contributed by atoms with Crippen molar-refractivity contribution in [2.45, 2.75) is 40.2 Å². The molecule has 0 unspecified atom stereocenters. The number of aromatic nitrogens is 1. The van der Waals surface area contributed by atoms with Crippen molar-refractivity contribution in [1.29, 1.82) is 5.26 Å². The number of pyridine rings is 1. The molecule has 2 aromatic rings. The molecule has 0 radical (unpaired) electrons. The predicted molar refractivity (Wildman–Crippen MR) is 97.8 cm³/mol. The van der Waals surface area contributed by atoms with Gasteiger partial charge in [-0.15, -0.1) is 0 Å². The smallest absolute Gasteiger partial charge is 0.266 e. The zero-order valence-corrected chi connectivity index (χ0v) is 14.7. The lowest BCUT2D eigenvalue weighted by Crippen LogP contribution is -2.25. The number of hydrogen-bond acceptors (Lipinski definition) is 3. The van der Waals surface area contributed by atoms with Crippen molar-refractivity contribution < 1.29 is 0 Å². The van der Waals surface area contributed by atoms with Crippen molar-refractivity contribution in [2.24, 2.45) is 0 Å². The average Bonchev–Trinajstić information content (AvgIpc) is 2.55.